The summed E-state index contributed by atoms with van der Waals surface area (Å²) in [7, 11) is 0. The first-order valence-corrected chi connectivity index (χ1v) is 8.63. The molecule has 3 saturated carbocycles. The van der Waals surface area contributed by atoms with E-state index in [-0.39, 0.29) is 0 Å². The SMILES string of the molecule is CCCNC(CC1CCCCC1)C1C2CCCC21. The highest BCUT2D eigenvalue weighted by molar-refractivity contribution is 5.06. The molecule has 0 radical (unpaired) electrons. The first-order chi connectivity index (χ1) is 8.90. The Morgan fingerprint density at radius 2 is 1.67 bits per heavy atom. The van der Waals surface area contributed by atoms with Gasteiger partial charge in [-0.2, -0.15) is 0 Å². The second-order valence-corrected chi connectivity index (χ2v) is 7.14. The van der Waals surface area contributed by atoms with Crippen LogP contribution in [0, 0.1) is 23.7 Å². The number of hydrogen-bond donors (Lipinski definition) is 1. The zero-order valence-electron chi connectivity index (χ0n) is 12.2. The van der Waals surface area contributed by atoms with Crippen molar-refractivity contribution in [1.82, 2.24) is 5.32 Å². The molecule has 1 N–H and O–H groups in total. The van der Waals surface area contributed by atoms with Crippen molar-refractivity contribution in [1.29, 1.82) is 0 Å². The van der Waals surface area contributed by atoms with E-state index in [1.807, 2.05) is 0 Å². The van der Waals surface area contributed by atoms with E-state index in [0.29, 0.717) is 0 Å². The Morgan fingerprint density at radius 1 is 0.944 bits per heavy atom. The van der Waals surface area contributed by atoms with Gasteiger partial charge in [-0.05, 0) is 55.9 Å². The predicted molar refractivity (Wildman–Crippen MR) is 77.6 cm³/mol. The van der Waals surface area contributed by atoms with Crippen LogP contribution in [-0.4, -0.2) is 12.6 Å². The number of rotatable bonds is 6. The first kappa shape index (κ1) is 13.0. The molecule has 1 nitrogen and oxygen atoms in total. The molecule has 0 aromatic heterocycles. The summed E-state index contributed by atoms with van der Waals surface area (Å²) in [5.41, 5.74) is 0. The highest BCUT2D eigenvalue weighted by Gasteiger charge is 2.55. The summed E-state index contributed by atoms with van der Waals surface area (Å²) in [6.07, 6.45) is 15.0. The van der Waals surface area contributed by atoms with Crippen LogP contribution in [0.4, 0.5) is 0 Å². The maximum atomic E-state index is 3.91. The minimum Gasteiger partial charge on any atom is -0.314 e. The van der Waals surface area contributed by atoms with Gasteiger partial charge in [0.25, 0.3) is 0 Å². The van der Waals surface area contributed by atoms with Crippen molar-refractivity contribution in [3.05, 3.63) is 0 Å². The summed E-state index contributed by atoms with van der Waals surface area (Å²) in [6.45, 7) is 3.55. The standard InChI is InChI=1S/C17H31N/c1-2-11-18-16(12-13-7-4-3-5-8-13)17-14-9-6-10-15(14)17/h13-18H,2-12H2,1H3. The lowest BCUT2D eigenvalue weighted by Crippen LogP contribution is -2.35. The van der Waals surface area contributed by atoms with Crippen LogP contribution in [0.2, 0.25) is 0 Å². The van der Waals surface area contributed by atoms with Crippen LogP contribution in [0.25, 0.3) is 0 Å². The van der Waals surface area contributed by atoms with Crippen LogP contribution < -0.4 is 5.32 Å². The lowest BCUT2D eigenvalue weighted by Gasteiger charge is -2.28. The van der Waals surface area contributed by atoms with E-state index in [1.54, 1.807) is 12.8 Å². The third-order valence-electron chi connectivity index (χ3n) is 5.91. The van der Waals surface area contributed by atoms with Crippen molar-refractivity contribution in [2.75, 3.05) is 6.54 Å². The summed E-state index contributed by atoms with van der Waals surface area (Å²) in [5, 5.41) is 3.91. The van der Waals surface area contributed by atoms with Crippen molar-refractivity contribution in [3.8, 4) is 0 Å². The van der Waals surface area contributed by atoms with Gasteiger partial charge in [0.15, 0.2) is 0 Å². The molecule has 0 spiro atoms. The Kier molecular flexibility index (Phi) is 4.28. The molecule has 1 heteroatoms. The molecule has 3 aliphatic carbocycles. The second-order valence-electron chi connectivity index (χ2n) is 7.14. The van der Waals surface area contributed by atoms with Crippen molar-refractivity contribution in [3.63, 3.8) is 0 Å². The summed E-state index contributed by atoms with van der Waals surface area (Å²) in [6, 6.07) is 0.878. The highest BCUT2D eigenvalue weighted by Crippen LogP contribution is 2.59. The molecular formula is C17H31N. The fourth-order valence-electron chi connectivity index (χ4n) is 4.96. The van der Waals surface area contributed by atoms with Crippen LogP contribution in [0.5, 0.6) is 0 Å². The normalized spacial score (nSPS) is 37.5. The Bertz CT molecular complexity index is 246. The van der Waals surface area contributed by atoms with Gasteiger partial charge in [-0.1, -0.05) is 45.4 Å². The lowest BCUT2D eigenvalue weighted by atomic mass is 9.83. The van der Waals surface area contributed by atoms with Gasteiger partial charge in [0.05, 0.1) is 0 Å². The average Bonchev–Trinajstić information content (AvgIpc) is 2.88. The molecule has 0 saturated heterocycles. The van der Waals surface area contributed by atoms with Crippen LogP contribution in [0.15, 0.2) is 0 Å². The minimum absolute atomic E-state index is 0.878. The summed E-state index contributed by atoms with van der Waals surface area (Å²) in [5.74, 6) is 4.38. The Hall–Kier alpha value is -0.0400. The van der Waals surface area contributed by atoms with Crippen molar-refractivity contribution in [2.45, 2.75) is 77.2 Å². The Morgan fingerprint density at radius 3 is 2.33 bits per heavy atom. The fourth-order valence-corrected chi connectivity index (χ4v) is 4.96. The quantitative estimate of drug-likeness (QED) is 0.737. The van der Waals surface area contributed by atoms with Gasteiger partial charge >= 0.3 is 0 Å². The molecule has 0 amide bonds. The molecule has 0 aromatic carbocycles. The van der Waals surface area contributed by atoms with Crippen LogP contribution in [0.3, 0.4) is 0 Å². The molecule has 3 aliphatic rings. The van der Waals surface area contributed by atoms with Gasteiger partial charge in [0.1, 0.15) is 0 Å². The predicted octanol–water partition coefficient (Wildman–Crippen LogP) is 4.37. The number of nitrogens with one attached hydrogen (secondary N) is 1. The largest absolute Gasteiger partial charge is 0.314 e. The summed E-state index contributed by atoms with van der Waals surface area (Å²) < 4.78 is 0. The maximum absolute atomic E-state index is 3.91. The molecule has 0 bridgehead atoms. The molecule has 18 heavy (non-hydrogen) atoms. The number of fused-ring (bicyclic) bond motifs is 1. The molecule has 104 valence electrons. The highest BCUT2D eigenvalue weighted by atomic mass is 14.9. The van der Waals surface area contributed by atoms with E-state index in [0.717, 1.165) is 29.7 Å². The van der Waals surface area contributed by atoms with Crippen molar-refractivity contribution < 1.29 is 0 Å². The molecule has 3 atom stereocenters. The molecule has 0 aliphatic heterocycles. The molecule has 0 aromatic rings. The average molecular weight is 249 g/mol. The van der Waals surface area contributed by atoms with Crippen molar-refractivity contribution in [2.24, 2.45) is 23.7 Å². The van der Waals surface area contributed by atoms with Crippen LogP contribution in [0.1, 0.15) is 71.1 Å². The topological polar surface area (TPSA) is 12.0 Å². The van der Waals surface area contributed by atoms with E-state index in [4.69, 9.17) is 0 Å². The van der Waals surface area contributed by atoms with Gasteiger partial charge < -0.3 is 5.32 Å². The Balaban J connectivity index is 1.52. The molecule has 3 fully saturated rings. The van der Waals surface area contributed by atoms with Gasteiger partial charge in [-0.25, -0.2) is 0 Å². The Labute approximate surface area is 113 Å². The van der Waals surface area contributed by atoms with E-state index in [9.17, 15) is 0 Å². The molecule has 3 rings (SSSR count). The summed E-state index contributed by atoms with van der Waals surface area (Å²) >= 11 is 0. The minimum atomic E-state index is 0.878. The van der Waals surface area contributed by atoms with E-state index >= 15 is 0 Å². The van der Waals surface area contributed by atoms with E-state index < -0.39 is 0 Å². The first-order valence-electron chi connectivity index (χ1n) is 8.63. The molecule has 0 heterocycles. The van der Waals surface area contributed by atoms with Gasteiger partial charge in [-0.3, -0.25) is 0 Å². The van der Waals surface area contributed by atoms with E-state index in [2.05, 4.69) is 12.2 Å². The van der Waals surface area contributed by atoms with Gasteiger partial charge in [0.2, 0.25) is 0 Å². The lowest BCUT2D eigenvalue weighted by molar-refractivity contribution is 0.271. The summed E-state index contributed by atoms with van der Waals surface area (Å²) in [4.78, 5) is 0. The third kappa shape index (κ3) is 2.76. The monoisotopic (exact) mass is 249 g/mol. The van der Waals surface area contributed by atoms with E-state index in [1.165, 1.54) is 57.9 Å². The number of hydrogen-bond acceptors (Lipinski definition) is 1. The zero-order chi connectivity index (χ0) is 12.4. The second kappa shape index (κ2) is 5.94. The van der Waals surface area contributed by atoms with Gasteiger partial charge in [-0.15, -0.1) is 0 Å². The van der Waals surface area contributed by atoms with Crippen LogP contribution in [-0.2, 0) is 0 Å². The zero-order valence-corrected chi connectivity index (χ0v) is 12.2. The fraction of sp³-hybridized carbons (Fsp3) is 1.00. The maximum Gasteiger partial charge on any atom is 0.0103 e. The molecule has 3 unspecified atom stereocenters. The third-order valence-corrected chi connectivity index (χ3v) is 5.91. The van der Waals surface area contributed by atoms with Crippen molar-refractivity contribution >= 4 is 0 Å². The smallest absolute Gasteiger partial charge is 0.0103 e. The van der Waals surface area contributed by atoms with Gasteiger partial charge in [0, 0.05) is 6.04 Å². The van der Waals surface area contributed by atoms with Crippen LogP contribution >= 0.6 is 0 Å². The molecular weight excluding hydrogens is 218 g/mol.